The molecule has 0 atom stereocenters. The van der Waals surface area contributed by atoms with Crippen molar-refractivity contribution >= 4 is 22.4 Å². The number of fused-ring (bicyclic) bond motifs is 1. The Morgan fingerprint density at radius 1 is 0.889 bits per heavy atom. The van der Waals surface area contributed by atoms with Crippen molar-refractivity contribution in [1.29, 1.82) is 0 Å². The molecular weight excluding hydrogens is 355 g/mol. The van der Waals surface area contributed by atoms with Gasteiger partial charge in [-0.3, -0.25) is 0 Å². The van der Waals surface area contributed by atoms with Gasteiger partial charge in [-0.25, -0.2) is 4.39 Å². The summed E-state index contributed by atoms with van der Waals surface area (Å²) >= 11 is 5.92. The summed E-state index contributed by atoms with van der Waals surface area (Å²) in [5.41, 5.74) is 3.88. The van der Waals surface area contributed by atoms with Gasteiger partial charge in [0, 0.05) is 11.4 Å². The number of hydrogen-bond acceptors (Lipinski definition) is 0. The monoisotopic (exact) mass is 380 g/mol. The lowest BCUT2D eigenvalue weighted by molar-refractivity contribution is 0.318. The van der Waals surface area contributed by atoms with Crippen LogP contribution in [0.25, 0.3) is 21.9 Å². The fourth-order valence-electron chi connectivity index (χ4n) is 4.47. The predicted octanol–water partition coefficient (Wildman–Crippen LogP) is 8.07. The Bertz CT molecular complexity index is 938. The Kier molecular flexibility index (Phi) is 5.50. The van der Waals surface area contributed by atoms with E-state index in [9.17, 15) is 4.39 Å². The van der Waals surface area contributed by atoms with Gasteiger partial charge >= 0.3 is 0 Å². The van der Waals surface area contributed by atoms with Gasteiger partial charge < -0.3 is 0 Å². The van der Waals surface area contributed by atoms with Crippen LogP contribution in [-0.2, 0) is 5.88 Å². The molecule has 4 rings (SSSR count). The third kappa shape index (κ3) is 3.89. The molecule has 2 heteroatoms. The second-order valence-corrected chi connectivity index (χ2v) is 8.16. The van der Waals surface area contributed by atoms with Crippen LogP contribution in [0.2, 0.25) is 0 Å². The first-order valence-electron chi connectivity index (χ1n) is 10.1. The van der Waals surface area contributed by atoms with E-state index in [1.54, 1.807) is 6.07 Å². The summed E-state index contributed by atoms with van der Waals surface area (Å²) in [4.78, 5) is 0. The zero-order valence-electron chi connectivity index (χ0n) is 15.8. The molecule has 0 amide bonds. The molecule has 0 saturated heterocycles. The maximum absolute atomic E-state index is 14.9. The van der Waals surface area contributed by atoms with Crippen LogP contribution in [0.5, 0.6) is 0 Å². The number of hydrogen-bond donors (Lipinski definition) is 0. The van der Waals surface area contributed by atoms with E-state index in [1.807, 2.05) is 18.2 Å². The van der Waals surface area contributed by atoms with E-state index in [0.717, 1.165) is 27.8 Å². The third-order valence-corrected chi connectivity index (χ3v) is 6.57. The van der Waals surface area contributed by atoms with Crippen molar-refractivity contribution in [2.24, 2.45) is 5.92 Å². The molecule has 0 spiro atoms. The van der Waals surface area contributed by atoms with Gasteiger partial charge in [-0.15, -0.1) is 11.6 Å². The van der Waals surface area contributed by atoms with E-state index in [2.05, 4.69) is 37.3 Å². The van der Waals surface area contributed by atoms with Gasteiger partial charge in [-0.2, -0.15) is 0 Å². The van der Waals surface area contributed by atoms with Gasteiger partial charge in [0.25, 0.3) is 0 Å². The topological polar surface area (TPSA) is 0 Å². The summed E-state index contributed by atoms with van der Waals surface area (Å²) in [5.74, 6) is 1.78. The molecule has 3 aromatic rings. The number of rotatable bonds is 4. The molecule has 0 bridgehead atoms. The lowest BCUT2D eigenvalue weighted by atomic mass is 9.77. The molecule has 1 saturated carbocycles. The van der Waals surface area contributed by atoms with Gasteiger partial charge in [0.2, 0.25) is 0 Å². The molecule has 0 radical (unpaired) electrons. The van der Waals surface area contributed by atoms with E-state index < -0.39 is 0 Å². The molecule has 1 fully saturated rings. The zero-order chi connectivity index (χ0) is 18.8. The largest absolute Gasteiger partial charge is 0.206 e. The molecule has 140 valence electrons. The minimum atomic E-state index is -0.109. The first kappa shape index (κ1) is 18.5. The van der Waals surface area contributed by atoms with Crippen LogP contribution >= 0.6 is 11.6 Å². The second kappa shape index (κ2) is 8.02. The fraction of sp³-hybridized carbons (Fsp3) is 0.360. The summed E-state index contributed by atoms with van der Waals surface area (Å²) in [6.45, 7) is 2.28. The Labute approximate surface area is 166 Å². The minimum absolute atomic E-state index is 0.109. The first-order valence-corrected chi connectivity index (χ1v) is 10.6. The maximum Gasteiger partial charge on any atom is 0.131 e. The molecule has 0 N–H and O–H groups in total. The van der Waals surface area contributed by atoms with Crippen molar-refractivity contribution in [2.75, 3.05) is 0 Å². The predicted molar refractivity (Wildman–Crippen MR) is 114 cm³/mol. The average Bonchev–Trinajstić information content (AvgIpc) is 2.73. The smallest absolute Gasteiger partial charge is 0.131 e. The minimum Gasteiger partial charge on any atom is -0.206 e. The molecule has 1 aliphatic carbocycles. The second-order valence-electron chi connectivity index (χ2n) is 7.90. The average molecular weight is 381 g/mol. The van der Waals surface area contributed by atoms with Crippen LogP contribution in [0, 0.1) is 11.7 Å². The molecule has 27 heavy (non-hydrogen) atoms. The maximum atomic E-state index is 14.9. The molecule has 0 unspecified atom stereocenters. The van der Waals surface area contributed by atoms with Crippen LogP contribution in [-0.4, -0.2) is 0 Å². The molecule has 3 aromatic carbocycles. The summed E-state index contributed by atoms with van der Waals surface area (Å²) in [7, 11) is 0. The highest BCUT2D eigenvalue weighted by Gasteiger charge is 2.22. The van der Waals surface area contributed by atoms with Crippen molar-refractivity contribution in [1.82, 2.24) is 0 Å². The molecule has 0 aliphatic heterocycles. The van der Waals surface area contributed by atoms with Gasteiger partial charge in [-0.1, -0.05) is 49.7 Å². The molecular formula is C25H26ClF. The molecule has 0 heterocycles. The fourth-order valence-corrected chi connectivity index (χ4v) is 4.64. The normalized spacial score (nSPS) is 20.1. The Morgan fingerprint density at radius 3 is 2.33 bits per heavy atom. The highest BCUT2D eigenvalue weighted by Crippen LogP contribution is 2.38. The number of benzene rings is 3. The van der Waals surface area contributed by atoms with Crippen molar-refractivity contribution in [3.63, 3.8) is 0 Å². The standard InChI is InChI=1S/C25H26ClF/c1-2-17-3-6-19(7-4-17)22-11-12-24(25(27)15-22)23-10-9-20-13-18(16-26)5-8-21(20)14-23/h5,8-15,17,19H,2-4,6-7,16H2,1H3. The lowest BCUT2D eigenvalue weighted by Crippen LogP contribution is -2.12. The van der Waals surface area contributed by atoms with Crippen LogP contribution < -0.4 is 0 Å². The highest BCUT2D eigenvalue weighted by atomic mass is 35.5. The summed E-state index contributed by atoms with van der Waals surface area (Å²) in [6, 6.07) is 18.2. The van der Waals surface area contributed by atoms with Crippen molar-refractivity contribution in [3.8, 4) is 11.1 Å². The van der Waals surface area contributed by atoms with Crippen LogP contribution in [0.3, 0.4) is 0 Å². The van der Waals surface area contributed by atoms with Crippen LogP contribution in [0.1, 0.15) is 56.1 Å². The number of halogens is 2. The quantitative estimate of drug-likeness (QED) is 0.401. The molecule has 0 nitrogen and oxygen atoms in total. The van der Waals surface area contributed by atoms with Gasteiger partial charge in [0.15, 0.2) is 0 Å². The van der Waals surface area contributed by atoms with E-state index in [-0.39, 0.29) is 5.82 Å². The van der Waals surface area contributed by atoms with E-state index in [4.69, 9.17) is 11.6 Å². The van der Waals surface area contributed by atoms with E-state index >= 15 is 0 Å². The Hall–Kier alpha value is -1.86. The van der Waals surface area contributed by atoms with Gasteiger partial charge in [0.1, 0.15) is 5.82 Å². The third-order valence-electron chi connectivity index (χ3n) is 6.26. The summed E-state index contributed by atoms with van der Waals surface area (Å²) in [5, 5.41) is 2.25. The van der Waals surface area contributed by atoms with Gasteiger partial charge in [0.05, 0.1) is 0 Å². The zero-order valence-corrected chi connectivity index (χ0v) is 16.6. The van der Waals surface area contributed by atoms with Crippen LogP contribution in [0.4, 0.5) is 4.39 Å². The highest BCUT2D eigenvalue weighted by molar-refractivity contribution is 6.17. The summed E-state index contributed by atoms with van der Waals surface area (Å²) in [6.07, 6.45) is 6.21. The number of alkyl halides is 1. The van der Waals surface area contributed by atoms with E-state index in [0.29, 0.717) is 17.4 Å². The van der Waals surface area contributed by atoms with Gasteiger partial charge in [-0.05, 0) is 83.2 Å². The SMILES string of the molecule is CCC1CCC(c2ccc(-c3ccc4cc(CCl)ccc4c3)c(F)c2)CC1. The van der Waals surface area contributed by atoms with Crippen molar-refractivity contribution < 1.29 is 4.39 Å². The van der Waals surface area contributed by atoms with Crippen molar-refractivity contribution in [3.05, 3.63) is 71.5 Å². The first-order chi connectivity index (χ1) is 13.2. The Morgan fingerprint density at radius 2 is 1.63 bits per heavy atom. The summed E-state index contributed by atoms with van der Waals surface area (Å²) < 4.78 is 14.9. The van der Waals surface area contributed by atoms with Crippen molar-refractivity contribution in [2.45, 2.75) is 50.8 Å². The molecule has 0 aromatic heterocycles. The lowest BCUT2D eigenvalue weighted by Gasteiger charge is -2.28. The Balaban J connectivity index is 1.60. The molecule has 1 aliphatic rings. The van der Waals surface area contributed by atoms with E-state index in [1.165, 1.54) is 37.7 Å². The van der Waals surface area contributed by atoms with Crippen LogP contribution in [0.15, 0.2) is 54.6 Å².